The SMILES string of the molecule is COc1ccccc1NS(=O)(=O)c1cccc(NC(=O)NC2(C(F)(F)F)Oc3ccccc3O2)c1. The molecule has 0 unspecified atom stereocenters. The van der Waals surface area contributed by atoms with E-state index in [0.29, 0.717) is 0 Å². The first kappa shape index (κ1) is 24.0. The lowest BCUT2D eigenvalue weighted by atomic mass is 10.3. The Kier molecular flexibility index (Phi) is 6.11. The molecule has 0 saturated carbocycles. The predicted molar refractivity (Wildman–Crippen MR) is 119 cm³/mol. The molecule has 0 bridgehead atoms. The van der Waals surface area contributed by atoms with Gasteiger partial charge in [-0.05, 0) is 42.5 Å². The van der Waals surface area contributed by atoms with Crippen molar-refractivity contribution in [3.05, 3.63) is 72.8 Å². The smallest absolute Gasteiger partial charge is 0.492 e. The van der Waals surface area contributed by atoms with Crippen LogP contribution in [-0.4, -0.2) is 33.6 Å². The lowest BCUT2D eigenvalue weighted by molar-refractivity contribution is -0.317. The summed E-state index contributed by atoms with van der Waals surface area (Å²) >= 11 is 0. The zero-order valence-corrected chi connectivity index (χ0v) is 18.7. The van der Waals surface area contributed by atoms with Crippen LogP contribution in [0.4, 0.5) is 29.3 Å². The Morgan fingerprint density at radius 2 is 1.57 bits per heavy atom. The Balaban J connectivity index is 1.52. The molecule has 1 aliphatic heterocycles. The number of hydrogen-bond donors (Lipinski definition) is 3. The van der Waals surface area contributed by atoms with Crippen LogP contribution in [0.2, 0.25) is 0 Å². The van der Waals surface area contributed by atoms with Crippen LogP contribution in [-0.2, 0) is 10.0 Å². The van der Waals surface area contributed by atoms with Gasteiger partial charge >= 0.3 is 18.1 Å². The molecule has 0 saturated heterocycles. The summed E-state index contributed by atoms with van der Waals surface area (Å²) in [6, 6.07) is 15.3. The quantitative estimate of drug-likeness (QED) is 0.456. The molecule has 1 aliphatic rings. The summed E-state index contributed by atoms with van der Waals surface area (Å²) in [5.74, 6) is -3.60. The van der Waals surface area contributed by atoms with E-state index in [1.165, 1.54) is 55.6 Å². The Bertz CT molecular complexity index is 1340. The standard InChI is InChI=1S/C22H18F3N3O6S/c1-32-17-10-3-2-9-16(17)28-35(30,31)15-8-6-7-14(13-15)26-20(29)27-22(21(23,24)25)33-18-11-4-5-12-19(18)34-22/h2-13,28H,1H3,(H2,26,27,29). The van der Waals surface area contributed by atoms with Gasteiger partial charge in [0.05, 0.1) is 17.7 Å². The minimum absolute atomic E-state index is 0.0989. The van der Waals surface area contributed by atoms with E-state index in [1.807, 2.05) is 0 Å². The molecule has 3 aromatic rings. The van der Waals surface area contributed by atoms with Crippen LogP contribution in [0.25, 0.3) is 0 Å². The molecule has 0 radical (unpaired) electrons. The van der Waals surface area contributed by atoms with Gasteiger partial charge in [0.2, 0.25) is 0 Å². The Hall–Kier alpha value is -4.13. The number of alkyl halides is 3. The zero-order chi connectivity index (χ0) is 25.3. The van der Waals surface area contributed by atoms with Gasteiger partial charge in [-0.25, -0.2) is 13.2 Å². The molecule has 3 N–H and O–H groups in total. The number of hydrogen-bond acceptors (Lipinski definition) is 6. The van der Waals surface area contributed by atoms with Crippen molar-refractivity contribution in [3.63, 3.8) is 0 Å². The summed E-state index contributed by atoms with van der Waals surface area (Å²) in [6.07, 6.45) is -5.15. The number of halogens is 3. The summed E-state index contributed by atoms with van der Waals surface area (Å²) in [5.41, 5.74) is 0.0755. The predicted octanol–water partition coefficient (Wildman–Crippen LogP) is 4.31. The number of urea groups is 1. The second kappa shape index (κ2) is 8.91. The highest BCUT2D eigenvalue weighted by atomic mass is 32.2. The van der Waals surface area contributed by atoms with E-state index < -0.39 is 28.1 Å². The highest BCUT2D eigenvalue weighted by Gasteiger charge is 2.65. The third-order valence-electron chi connectivity index (χ3n) is 4.76. The summed E-state index contributed by atoms with van der Waals surface area (Å²) in [5, 5.41) is 3.80. The van der Waals surface area contributed by atoms with Crippen molar-refractivity contribution in [1.29, 1.82) is 0 Å². The molecule has 0 aromatic heterocycles. The molecule has 1 heterocycles. The van der Waals surface area contributed by atoms with E-state index in [0.717, 1.165) is 6.07 Å². The average molecular weight is 509 g/mol. The normalized spacial score (nSPS) is 14.2. The number of sulfonamides is 1. The van der Waals surface area contributed by atoms with Gasteiger partial charge in [-0.1, -0.05) is 30.3 Å². The minimum Gasteiger partial charge on any atom is -0.495 e. The molecule has 9 nitrogen and oxygen atoms in total. The van der Waals surface area contributed by atoms with Crippen molar-refractivity contribution in [2.75, 3.05) is 17.1 Å². The van der Waals surface area contributed by atoms with Crippen LogP contribution in [0.5, 0.6) is 17.2 Å². The fourth-order valence-electron chi connectivity index (χ4n) is 3.17. The van der Waals surface area contributed by atoms with E-state index in [2.05, 4.69) is 10.0 Å². The number of para-hydroxylation sites is 4. The zero-order valence-electron chi connectivity index (χ0n) is 17.9. The number of ether oxygens (including phenoxy) is 3. The first-order valence-corrected chi connectivity index (χ1v) is 11.4. The first-order chi connectivity index (χ1) is 16.5. The Labute approximate surface area is 197 Å². The van der Waals surface area contributed by atoms with Crippen LogP contribution >= 0.6 is 0 Å². The number of amides is 2. The average Bonchev–Trinajstić information content (AvgIpc) is 3.18. The van der Waals surface area contributed by atoms with Gasteiger partial charge in [0, 0.05) is 5.69 Å². The maximum atomic E-state index is 13.8. The first-order valence-electron chi connectivity index (χ1n) is 9.92. The molecule has 35 heavy (non-hydrogen) atoms. The largest absolute Gasteiger partial charge is 0.495 e. The number of rotatable bonds is 6. The van der Waals surface area contributed by atoms with Gasteiger partial charge in [-0.3, -0.25) is 10.0 Å². The monoisotopic (exact) mass is 509 g/mol. The van der Waals surface area contributed by atoms with E-state index in [4.69, 9.17) is 14.2 Å². The molecule has 2 amide bonds. The number of nitrogens with one attached hydrogen (secondary N) is 3. The molecular weight excluding hydrogens is 491 g/mol. The fourth-order valence-corrected chi connectivity index (χ4v) is 4.29. The summed E-state index contributed by atoms with van der Waals surface area (Å²) in [4.78, 5) is 12.2. The van der Waals surface area contributed by atoms with Crippen LogP contribution in [0.1, 0.15) is 0 Å². The molecule has 0 aliphatic carbocycles. The van der Waals surface area contributed by atoms with Crippen LogP contribution in [0.15, 0.2) is 77.7 Å². The van der Waals surface area contributed by atoms with E-state index in [-0.39, 0.29) is 33.5 Å². The number of carbonyl (C=O) groups is 1. The van der Waals surface area contributed by atoms with Crippen molar-refractivity contribution in [2.24, 2.45) is 0 Å². The summed E-state index contributed by atoms with van der Waals surface area (Å²) < 4.78 is 84.2. The fraction of sp³-hybridized carbons (Fsp3) is 0.136. The molecule has 3 aromatic carbocycles. The summed E-state index contributed by atoms with van der Waals surface area (Å²) in [6.45, 7) is 0. The van der Waals surface area contributed by atoms with E-state index in [9.17, 15) is 26.4 Å². The van der Waals surface area contributed by atoms with Gasteiger partial charge in [0.15, 0.2) is 11.5 Å². The molecule has 4 rings (SSSR count). The molecule has 0 spiro atoms. The number of carbonyl (C=O) groups excluding carboxylic acids is 1. The molecular formula is C22H18F3N3O6S. The van der Waals surface area contributed by atoms with Crippen molar-refractivity contribution in [3.8, 4) is 17.2 Å². The molecule has 13 heteroatoms. The van der Waals surface area contributed by atoms with Crippen molar-refractivity contribution in [1.82, 2.24) is 5.32 Å². The lowest BCUT2D eigenvalue weighted by Gasteiger charge is -2.29. The van der Waals surface area contributed by atoms with Gasteiger partial charge in [-0.2, -0.15) is 13.2 Å². The van der Waals surface area contributed by atoms with E-state index in [1.54, 1.807) is 23.5 Å². The Morgan fingerprint density at radius 1 is 0.943 bits per heavy atom. The lowest BCUT2D eigenvalue weighted by Crippen LogP contribution is -2.65. The van der Waals surface area contributed by atoms with Gasteiger partial charge in [-0.15, -0.1) is 0 Å². The third kappa shape index (κ3) is 4.89. The van der Waals surface area contributed by atoms with Crippen LogP contribution in [0.3, 0.4) is 0 Å². The molecule has 184 valence electrons. The minimum atomic E-state index is -5.15. The number of benzene rings is 3. The third-order valence-corrected chi connectivity index (χ3v) is 6.12. The maximum Gasteiger partial charge on any atom is 0.492 e. The van der Waals surface area contributed by atoms with Crippen LogP contribution in [0, 0.1) is 0 Å². The number of methoxy groups -OCH3 is 1. The van der Waals surface area contributed by atoms with Gasteiger partial charge in [0.25, 0.3) is 10.0 Å². The number of fused-ring (bicyclic) bond motifs is 1. The van der Waals surface area contributed by atoms with E-state index >= 15 is 0 Å². The van der Waals surface area contributed by atoms with Gasteiger partial charge < -0.3 is 19.5 Å². The second-order valence-corrected chi connectivity index (χ2v) is 8.86. The van der Waals surface area contributed by atoms with Crippen LogP contribution < -0.4 is 29.6 Å². The van der Waals surface area contributed by atoms with Crippen molar-refractivity contribution >= 4 is 27.4 Å². The highest BCUT2D eigenvalue weighted by molar-refractivity contribution is 7.92. The van der Waals surface area contributed by atoms with Crippen molar-refractivity contribution < 1.29 is 40.6 Å². The Morgan fingerprint density at radius 3 is 2.20 bits per heavy atom. The van der Waals surface area contributed by atoms with Crippen molar-refractivity contribution in [2.45, 2.75) is 17.0 Å². The summed E-state index contributed by atoms with van der Waals surface area (Å²) in [7, 11) is -2.75. The highest BCUT2D eigenvalue weighted by Crippen LogP contribution is 2.44. The molecule has 0 atom stereocenters. The number of anilines is 2. The molecule has 0 fully saturated rings. The van der Waals surface area contributed by atoms with Gasteiger partial charge in [0.1, 0.15) is 5.75 Å². The maximum absolute atomic E-state index is 13.8. The topological polar surface area (TPSA) is 115 Å². The second-order valence-electron chi connectivity index (χ2n) is 7.18.